The molecule has 0 saturated carbocycles. The number of rotatable bonds is 8. The molecule has 4 heteroatoms. The molecule has 2 rings (SSSR count). The van der Waals surface area contributed by atoms with Gasteiger partial charge in [-0.2, -0.15) is 0 Å². The first-order valence-electron chi connectivity index (χ1n) is 10.9. The Morgan fingerprint density at radius 3 is 1.36 bits per heavy atom. The summed E-state index contributed by atoms with van der Waals surface area (Å²) in [6.07, 6.45) is 12.8. The number of allylic oxidation sites excluding steroid dienone is 8. The molecule has 0 saturated heterocycles. The van der Waals surface area contributed by atoms with Gasteiger partial charge in [0, 0.05) is 0 Å². The quantitative estimate of drug-likeness (QED) is 0.282. The molecule has 0 aromatic carbocycles. The van der Waals surface area contributed by atoms with Crippen molar-refractivity contribution >= 4 is 31.7 Å². The van der Waals surface area contributed by atoms with Crippen molar-refractivity contribution in [3.05, 3.63) is 41.0 Å². The molecule has 0 unspecified atom stereocenters. The van der Waals surface area contributed by atoms with E-state index in [0.29, 0.717) is 11.8 Å². The molecule has 0 atom stereocenters. The normalized spacial score (nSPS) is 17.8. The molecular weight excluding hydrogens is 478 g/mol. The van der Waals surface area contributed by atoms with Crippen LogP contribution in [-0.4, -0.2) is 6.88 Å². The van der Waals surface area contributed by atoms with E-state index in [1.54, 1.807) is 22.3 Å². The zero-order valence-electron chi connectivity index (χ0n) is 19.6. The van der Waals surface area contributed by atoms with Crippen molar-refractivity contribution in [2.75, 3.05) is 0 Å². The molecule has 0 fully saturated rings. The molecule has 2 aliphatic rings. The first kappa shape index (κ1) is 28.6. The van der Waals surface area contributed by atoms with Gasteiger partial charge in [-0.25, -0.2) is 0 Å². The smallest absolute Gasteiger partial charge is 0.147 e. The molecule has 28 heavy (non-hydrogen) atoms. The van der Waals surface area contributed by atoms with Gasteiger partial charge in [0.1, 0.15) is 0 Å². The van der Waals surface area contributed by atoms with E-state index >= 15 is 0 Å². The van der Waals surface area contributed by atoms with Gasteiger partial charge < -0.3 is 0 Å². The fraction of sp³-hybridized carbons (Fsp3) is 0.667. The molecule has 0 nitrogen and oxygen atoms in total. The fourth-order valence-electron chi connectivity index (χ4n) is 4.86. The number of halogens is 2. The van der Waals surface area contributed by atoms with Crippen LogP contribution in [-0.2, 0) is 17.4 Å². The van der Waals surface area contributed by atoms with Crippen LogP contribution < -0.4 is 0 Å². The number of hydrogen-bond donors (Lipinski definition) is 0. The summed E-state index contributed by atoms with van der Waals surface area (Å²) in [5.74, 6) is 1.37. The Labute approximate surface area is 190 Å². The molecule has 162 valence electrons. The minimum Gasteiger partial charge on any atom is -0.147 e. The third kappa shape index (κ3) is 5.87. The van der Waals surface area contributed by atoms with Gasteiger partial charge in [-0.3, -0.25) is 0 Å². The molecule has 0 bridgehead atoms. The van der Waals surface area contributed by atoms with E-state index in [1.165, 1.54) is 38.5 Å². The van der Waals surface area contributed by atoms with Gasteiger partial charge in [0.25, 0.3) is 0 Å². The van der Waals surface area contributed by atoms with E-state index in [9.17, 15) is 0 Å². The van der Waals surface area contributed by atoms with Gasteiger partial charge in [0.05, 0.1) is 0 Å². The Bertz CT molecular complexity index is 699. The number of hydrogen-bond acceptors (Lipinski definition) is 0. The molecular formula is C24H44Cl2SiZr. The molecule has 0 aliphatic heterocycles. The zero-order valence-corrected chi connectivity index (χ0v) is 25.1. The van der Waals surface area contributed by atoms with Crippen molar-refractivity contribution in [3.8, 4) is 0 Å². The van der Waals surface area contributed by atoms with Crippen molar-refractivity contribution < 1.29 is 17.4 Å². The molecule has 0 aromatic rings. The first-order chi connectivity index (χ1) is 12.0. The molecule has 0 N–H and O–H groups in total. The molecule has 0 amide bonds. The van der Waals surface area contributed by atoms with Crippen LogP contribution in [0.25, 0.3) is 0 Å². The Morgan fingerprint density at radius 1 is 0.786 bits per heavy atom. The summed E-state index contributed by atoms with van der Waals surface area (Å²) in [6, 6.07) is 0. The Morgan fingerprint density at radius 2 is 1.11 bits per heavy atom. The molecule has 2 aliphatic carbocycles. The maximum absolute atomic E-state index is 3.10. The van der Waals surface area contributed by atoms with E-state index in [4.69, 9.17) is 0 Å². The van der Waals surface area contributed by atoms with Gasteiger partial charge in [-0.05, 0) is 0 Å². The predicted molar refractivity (Wildman–Crippen MR) is 134 cm³/mol. The monoisotopic (exact) mass is 520 g/mol. The van der Waals surface area contributed by atoms with Crippen LogP contribution in [0, 0.1) is 11.8 Å². The average Bonchev–Trinajstić information content (AvgIpc) is 3.13. The molecule has 0 aromatic heterocycles. The van der Waals surface area contributed by atoms with Crippen LogP contribution >= 0.6 is 24.8 Å². The minimum atomic E-state index is -3.10. The van der Waals surface area contributed by atoms with Crippen molar-refractivity contribution in [2.24, 2.45) is 11.8 Å². The summed E-state index contributed by atoms with van der Waals surface area (Å²) >= 11 is -3.10. The average molecular weight is 523 g/mol. The van der Waals surface area contributed by atoms with Crippen LogP contribution in [0.5, 0.6) is 0 Å². The zero-order chi connectivity index (χ0) is 19.7. The maximum Gasteiger partial charge on any atom is -0.147 e. The summed E-state index contributed by atoms with van der Waals surface area (Å²) in [5, 5.41) is 0. The van der Waals surface area contributed by atoms with Crippen molar-refractivity contribution in [2.45, 2.75) is 89.3 Å². The van der Waals surface area contributed by atoms with Crippen molar-refractivity contribution in [1.82, 2.24) is 0 Å². The van der Waals surface area contributed by atoms with Gasteiger partial charge in [0.15, 0.2) is 0 Å². The van der Waals surface area contributed by atoms with E-state index in [1.807, 2.05) is 6.56 Å². The third-order valence-corrected chi connectivity index (χ3v) is 23.7. The summed E-state index contributed by atoms with van der Waals surface area (Å²) in [5.41, 5.74) is 6.82. The minimum absolute atomic E-state index is 0. The summed E-state index contributed by atoms with van der Waals surface area (Å²) < 4.78 is 9.31. The van der Waals surface area contributed by atoms with Crippen molar-refractivity contribution in [3.63, 3.8) is 0 Å². The van der Waals surface area contributed by atoms with E-state index < -0.39 is 17.4 Å². The van der Waals surface area contributed by atoms with E-state index in [2.05, 4.69) is 69.8 Å². The van der Waals surface area contributed by atoms with Crippen LogP contribution in [0.3, 0.4) is 0 Å². The molecule has 0 radical (unpaired) electrons. The maximum atomic E-state index is 2.74. The van der Waals surface area contributed by atoms with Gasteiger partial charge in [-0.15, -0.1) is 24.8 Å². The van der Waals surface area contributed by atoms with Crippen LogP contribution in [0.1, 0.15) is 80.1 Å². The summed E-state index contributed by atoms with van der Waals surface area (Å²) in [7, 11) is 0. The van der Waals surface area contributed by atoms with Crippen LogP contribution in [0.15, 0.2) is 41.0 Å². The second-order valence-electron chi connectivity index (χ2n) is 10.3. The second-order valence-corrected chi connectivity index (χ2v) is 39.0. The SMILES string of the molecule is CCCC1=[C]([Zr]([CH3])([CH3])(=[SiH2])[C]2=C(CCC)C=C(C(C)C)C2)CC(C(C)C)=C1.Cl.Cl. The first-order valence-corrected chi connectivity index (χ1v) is 24.2. The van der Waals surface area contributed by atoms with Gasteiger partial charge in [-0.1, -0.05) is 0 Å². The fourth-order valence-corrected chi connectivity index (χ4v) is 19.7. The van der Waals surface area contributed by atoms with E-state index in [-0.39, 0.29) is 24.8 Å². The second kappa shape index (κ2) is 10.8. The van der Waals surface area contributed by atoms with Gasteiger partial charge >= 0.3 is 166 Å². The van der Waals surface area contributed by atoms with Crippen molar-refractivity contribution in [1.29, 1.82) is 0 Å². The van der Waals surface area contributed by atoms with Gasteiger partial charge in [0.2, 0.25) is 0 Å². The summed E-state index contributed by atoms with van der Waals surface area (Å²) in [6.45, 7) is 16.6. The largest absolute Gasteiger partial charge is 0.147 e. The Balaban J connectivity index is 0.00000364. The third-order valence-electron chi connectivity index (χ3n) is 6.71. The molecule has 0 heterocycles. The topological polar surface area (TPSA) is 0 Å². The van der Waals surface area contributed by atoms with E-state index in [0.717, 1.165) is 0 Å². The van der Waals surface area contributed by atoms with Crippen LogP contribution in [0.4, 0.5) is 0 Å². The standard InChI is InChI=1S/2C11H17.2CH3.2ClH.H2Si.Zr/c2*1-4-5-10-6-7-11(8-10)9(2)3;;;;;;/h2*8-9H,4-5,7H2,1-3H3;2*1H3;2*1H;1H2;. The Kier molecular flexibility index (Phi) is 11.0. The summed E-state index contributed by atoms with van der Waals surface area (Å²) in [4.78, 5) is 0. The predicted octanol–water partition coefficient (Wildman–Crippen LogP) is 8.24. The molecule has 0 spiro atoms. The Hall–Kier alpha value is 0.640. The van der Waals surface area contributed by atoms with Crippen LogP contribution in [0.2, 0.25) is 9.26 Å².